The van der Waals surface area contributed by atoms with Gasteiger partial charge in [0, 0.05) is 19.5 Å². The molecule has 3 nitrogen and oxygen atoms in total. The van der Waals surface area contributed by atoms with Crippen molar-refractivity contribution in [1.82, 2.24) is 0 Å². The minimum absolute atomic E-state index is 0. The van der Waals surface area contributed by atoms with E-state index >= 15 is 0 Å². The predicted molar refractivity (Wildman–Crippen MR) is 66.0 cm³/mol. The molecule has 2 N–H and O–H groups in total. The topological polar surface area (TPSA) is 57.5 Å². The standard InChI is InChI=1S/C7H6O3.C7H7.Zn/c8-6-4-2-1-3-5(6)7(9)10;1-7-5-3-2-4-6-7;/h1-4,8H,(H,9,10);2-6H,1H2;/q;-1;. The van der Waals surface area contributed by atoms with Gasteiger partial charge in [-0.15, -0.1) is 12.1 Å². The van der Waals surface area contributed by atoms with Crippen molar-refractivity contribution < 1.29 is 34.5 Å². The van der Waals surface area contributed by atoms with Gasteiger partial charge in [-0.2, -0.15) is 24.6 Å². The zero-order chi connectivity index (χ0) is 12.7. The molecule has 0 saturated carbocycles. The first kappa shape index (κ1) is 16.2. The third-order valence-electron chi connectivity index (χ3n) is 1.98. The van der Waals surface area contributed by atoms with Gasteiger partial charge in [-0.05, 0) is 12.1 Å². The van der Waals surface area contributed by atoms with Gasteiger partial charge in [-0.1, -0.05) is 18.2 Å². The van der Waals surface area contributed by atoms with E-state index in [4.69, 9.17) is 10.2 Å². The fourth-order valence-corrected chi connectivity index (χ4v) is 1.13. The van der Waals surface area contributed by atoms with Crippen molar-refractivity contribution >= 4 is 5.97 Å². The van der Waals surface area contributed by atoms with Crippen LogP contribution >= 0.6 is 0 Å². The quantitative estimate of drug-likeness (QED) is 0.628. The predicted octanol–water partition coefficient (Wildman–Crippen LogP) is 2.96. The second-order valence-corrected chi connectivity index (χ2v) is 3.31. The summed E-state index contributed by atoms with van der Waals surface area (Å²) in [6.45, 7) is 3.72. The Morgan fingerprint density at radius 3 is 1.78 bits per heavy atom. The molecule has 0 amide bonds. The SMILES string of the molecule is O=C(O)c1ccccc1O.[CH2-]c1ccccc1.[Zn]. The Bertz CT molecular complexity index is 483. The number of aromatic carboxylic acids is 1. The molecule has 90 valence electrons. The Morgan fingerprint density at radius 1 is 0.944 bits per heavy atom. The van der Waals surface area contributed by atoms with Gasteiger partial charge in [-0.25, -0.2) is 4.79 Å². The molecular weight excluding hydrogens is 282 g/mol. The molecule has 0 aliphatic carbocycles. The normalized spacial score (nSPS) is 8.44. The van der Waals surface area contributed by atoms with Crippen LogP contribution in [0.15, 0.2) is 54.6 Å². The Hall–Kier alpha value is -1.80. The maximum absolute atomic E-state index is 10.3. The van der Waals surface area contributed by atoms with E-state index < -0.39 is 5.97 Å². The van der Waals surface area contributed by atoms with E-state index in [2.05, 4.69) is 6.92 Å². The largest absolute Gasteiger partial charge is 0.507 e. The average molecular weight is 295 g/mol. The molecular formula is C14H13O3Zn-. The molecule has 0 bridgehead atoms. The summed E-state index contributed by atoms with van der Waals surface area (Å²) in [5.41, 5.74) is 1.00. The van der Waals surface area contributed by atoms with E-state index in [1.807, 2.05) is 30.3 Å². The van der Waals surface area contributed by atoms with E-state index in [0.29, 0.717) is 0 Å². The maximum atomic E-state index is 10.3. The van der Waals surface area contributed by atoms with Crippen LogP contribution < -0.4 is 0 Å². The van der Waals surface area contributed by atoms with Crippen molar-refractivity contribution in [3.05, 3.63) is 72.6 Å². The molecule has 2 aromatic rings. The number of carboxylic acids is 1. The van der Waals surface area contributed by atoms with Crippen LogP contribution in [0.2, 0.25) is 0 Å². The van der Waals surface area contributed by atoms with Crippen LogP contribution in [0.3, 0.4) is 0 Å². The number of benzene rings is 2. The zero-order valence-electron chi connectivity index (χ0n) is 9.91. The Balaban J connectivity index is 0.000000321. The maximum Gasteiger partial charge on any atom is 0.339 e. The van der Waals surface area contributed by atoms with Crippen molar-refractivity contribution in [3.63, 3.8) is 0 Å². The fraction of sp³-hybridized carbons (Fsp3) is 0. The molecule has 0 fully saturated rings. The second-order valence-electron chi connectivity index (χ2n) is 3.31. The molecule has 0 saturated heterocycles. The molecule has 2 aromatic carbocycles. The molecule has 0 radical (unpaired) electrons. The minimum Gasteiger partial charge on any atom is -0.507 e. The van der Waals surface area contributed by atoms with E-state index in [1.165, 1.54) is 12.1 Å². The number of carboxylic acid groups (broad SMARTS) is 1. The van der Waals surface area contributed by atoms with E-state index in [-0.39, 0.29) is 30.8 Å². The van der Waals surface area contributed by atoms with Gasteiger partial charge in [0.25, 0.3) is 0 Å². The molecule has 0 unspecified atom stereocenters. The number of hydrogen-bond acceptors (Lipinski definition) is 2. The van der Waals surface area contributed by atoms with E-state index in [9.17, 15) is 4.79 Å². The summed E-state index contributed by atoms with van der Waals surface area (Å²) >= 11 is 0. The number of hydrogen-bond donors (Lipinski definition) is 2. The summed E-state index contributed by atoms with van der Waals surface area (Å²) in [7, 11) is 0. The minimum atomic E-state index is -1.11. The average Bonchev–Trinajstić information content (AvgIpc) is 2.31. The molecule has 0 heterocycles. The monoisotopic (exact) mass is 293 g/mol. The number of aromatic hydroxyl groups is 1. The number of para-hydroxylation sites is 1. The summed E-state index contributed by atoms with van der Waals surface area (Å²) < 4.78 is 0. The van der Waals surface area contributed by atoms with Crippen LogP contribution in [0, 0.1) is 6.92 Å². The van der Waals surface area contributed by atoms with Gasteiger partial charge in [-0.3, -0.25) is 0 Å². The second kappa shape index (κ2) is 8.32. The molecule has 0 aromatic heterocycles. The van der Waals surface area contributed by atoms with Gasteiger partial charge >= 0.3 is 5.97 Å². The molecule has 18 heavy (non-hydrogen) atoms. The van der Waals surface area contributed by atoms with Crippen molar-refractivity contribution in [2.24, 2.45) is 0 Å². The Labute approximate surface area is 119 Å². The zero-order valence-corrected chi connectivity index (χ0v) is 12.9. The first-order chi connectivity index (χ1) is 8.11. The fourth-order valence-electron chi connectivity index (χ4n) is 1.13. The number of rotatable bonds is 1. The first-order valence-corrected chi connectivity index (χ1v) is 4.99. The van der Waals surface area contributed by atoms with Crippen molar-refractivity contribution in [1.29, 1.82) is 0 Å². The summed E-state index contributed by atoms with van der Waals surface area (Å²) in [6, 6.07) is 15.7. The smallest absolute Gasteiger partial charge is 0.339 e. The van der Waals surface area contributed by atoms with Crippen molar-refractivity contribution in [3.8, 4) is 5.75 Å². The van der Waals surface area contributed by atoms with Crippen LogP contribution in [0.1, 0.15) is 15.9 Å². The molecule has 2 rings (SSSR count). The molecule has 4 heteroatoms. The van der Waals surface area contributed by atoms with E-state index in [0.717, 1.165) is 5.56 Å². The number of carbonyl (C=O) groups is 1. The van der Waals surface area contributed by atoms with Gasteiger partial charge in [0.05, 0.1) is 0 Å². The van der Waals surface area contributed by atoms with Crippen molar-refractivity contribution in [2.75, 3.05) is 0 Å². The van der Waals surface area contributed by atoms with Gasteiger partial charge in [0.15, 0.2) is 0 Å². The summed E-state index contributed by atoms with van der Waals surface area (Å²) in [5, 5.41) is 17.3. The summed E-state index contributed by atoms with van der Waals surface area (Å²) in [6.07, 6.45) is 0. The first-order valence-electron chi connectivity index (χ1n) is 4.99. The van der Waals surface area contributed by atoms with Crippen LogP contribution in [-0.4, -0.2) is 16.2 Å². The van der Waals surface area contributed by atoms with Crippen LogP contribution in [0.25, 0.3) is 0 Å². The Morgan fingerprint density at radius 2 is 1.44 bits per heavy atom. The molecule has 0 aliphatic rings. The van der Waals surface area contributed by atoms with Crippen LogP contribution in [0.4, 0.5) is 0 Å². The van der Waals surface area contributed by atoms with Gasteiger partial charge in [0.1, 0.15) is 11.3 Å². The summed E-state index contributed by atoms with van der Waals surface area (Å²) in [4.78, 5) is 10.3. The number of phenols is 1. The van der Waals surface area contributed by atoms with Gasteiger partial charge < -0.3 is 10.2 Å². The Kier molecular flexibility index (Phi) is 7.49. The molecule has 0 spiro atoms. The van der Waals surface area contributed by atoms with E-state index in [1.54, 1.807) is 12.1 Å². The van der Waals surface area contributed by atoms with Crippen LogP contribution in [0.5, 0.6) is 5.75 Å². The third kappa shape index (κ3) is 5.51. The third-order valence-corrected chi connectivity index (χ3v) is 1.98. The van der Waals surface area contributed by atoms with Crippen LogP contribution in [-0.2, 0) is 19.5 Å². The van der Waals surface area contributed by atoms with Gasteiger partial charge in [0.2, 0.25) is 0 Å². The molecule has 0 atom stereocenters. The summed E-state index contributed by atoms with van der Waals surface area (Å²) in [5.74, 6) is -1.31. The molecule has 0 aliphatic heterocycles. The van der Waals surface area contributed by atoms with Crippen molar-refractivity contribution in [2.45, 2.75) is 0 Å².